The van der Waals surface area contributed by atoms with E-state index in [9.17, 15) is 0 Å². The number of hydrogen-bond acceptors (Lipinski definition) is 4. The van der Waals surface area contributed by atoms with E-state index in [1.54, 1.807) is 17.6 Å². The van der Waals surface area contributed by atoms with E-state index in [2.05, 4.69) is 43.2 Å². The van der Waals surface area contributed by atoms with Crippen molar-refractivity contribution in [2.24, 2.45) is 5.92 Å². The molecule has 0 aliphatic carbocycles. The Hall–Kier alpha value is -0.810. The van der Waals surface area contributed by atoms with Crippen molar-refractivity contribution in [1.82, 2.24) is 10.2 Å². The third-order valence-corrected chi connectivity index (χ3v) is 4.39. The molecule has 0 amide bonds. The second-order valence-corrected chi connectivity index (χ2v) is 7.57. The predicted octanol–water partition coefficient (Wildman–Crippen LogP) is 4.37. The minimum Gasteiger partial charge on any atom is -0.468 e. The first-order valence-corrected chi connectivity index (χ1v) is 8.42. The van der Waals surface area contributed by atoms with Crippen LogP contribution < -0.4 is 5.32 Å². The molecule has 0 fully saturated rings. The van der Waals surface area contributed by atoms with Gasteiger partial charge < -0.3 is 9.73 Å². The summed E-state index contributed by atoms with van der Waals surface area (Å²) in [6.45, 7) is 7.99. The molecule has 0 saturated heterocycles. The van der Waals surface area contributed by atoms with Crippen molar-refractivity contribution in [3.05, 3.63) is 45.0 Å². The van der Waals surface area contributed by atoms with Crippen molar-refractivity contribution in [2.75, 3.05) is 13.6 Å². The molecule has 0 aromatic carbocycles. The van der Waals surface area contributed by atoms with Crippen molar-refractivity contribution in [1.29, 1.82) is 0 Å². The molecule has 2 aromatic heterocycles. The fraction of sp³-hybridized carbons (Fsp3) is 0.500. The van der Waals surface area contributed by atoms with Gasteiger partial charge in [-0.1, -0.05) is 25.4 Å². The number of furan rings is 1. The van der Waals surface area contributed by atoms with E-state index in [-0.39, 0.29) is 0 Å². The van der Waals surface area contributed by atoms with E-state index < -0.39 is 0 Å². The molecule has 0 aliphatic heterocycles. The fourth-order valence-corrected chi connectivity index (χ4v) is 3.35. The number of rotatable bonds is 8. The number of halogens is 1. The molecule has 2 aromatic rings. The molecule has 2 heterocycles. The van der Waals surface area contributed by atoms with Gasteiger partial charge >= 0.3 is 0 Å². The highest BCUT2D eigenvalue weighted by Gasteiger charge is 2.10. The summed E-state index contributed by atoms with van der Waals surface area (Å²) in [4.78, 5) is 3.56. The number of nitrogens with zero attached hydrogens (tertiary/aromatic N) is 1. The second kappa shape index (κ2) is 7.99. The maximum Gasteiger partial charge on any atom is 0.122 e. The highest BCUT2D eigenvalue weighted by Crippen LogP contribution is 2.23. The van der Waals surface area contributed by atoms with Gasteiger partial charge in [-0.05, 0) is 37.7 Å². The van der Waals surface area contributed by atoms with Gasteiger partial charge in [-0.3, -0.25) is 4.90 Å². The Balaban J connectivity index is 1.86. The zero-order valence-corrected chi connectivity index (χ0v) is 14.4. The Labute approximate surface area is 135 Å². The summed E-state index contributed by atoms with van der Waals surface area (Å²) in [6, 6.07) is 6.10. The van der Waals surface area contributed by atoms with Gasteiger partial charge in [0.1, 0.15) is 5.76 Å². The van der Waals surface area contributed by atoms with Crippen LogP contribution in [0.25, 0.3) is 0 Å². The predicted molar refractivity (Wildman–Crippen MR) is 89.8 cm³/mol. The Morgan fingerprint density at radius 2 is 2.10 bits per heavy atom. The number of hydrogen-bond donors (Lipinski definition) is 1. The largest absolute Gasteiger partial charge is 0.468 e. The smallest absolute Gasteiger partial charge is 0.122 e. The monoisotopic (exact) mass is 326 g/mol. The molecular formula is C16H23ClN2OS. The average molecular weight is 327 g/mol. The maximum atomic E-state index is 5.97. The van der Waals surface area contributed by atoms with E-state index in [1.807, 2.05) is 6.07 Å². The molecule has 0 spiro atoms. The minimum absolute atomic E-state index is 0.648. The SMILES string of the molecule is CC(C)CNCc1occc1CN(C)Cc1ccc(Cl)s1. The van der Waals surface area contributed by atoms with Crippen LogP contribution in [0.3, 0.4) is 0 Å². The molecule has 0 radical (unpaired) electrons. The minimum atomic E-state index is 0.648. The lowest BCUT2D eigenvalue weighted by Crippen LogP contribution is -2.21. The van der Waals surface area contributed by atoms with E-state index in [4.69, 9.17) is 16.0 Å². The average Bonchev–Trinajstić information content (AvgIpc) is 2.99. The number of nitrogens with one attached hydrogen (secondary N) is 1. The van der Waals surface area contributed by atoms with Gasteiger partial charge in [-0.15, -0.1) is 11.3 Å². The first kappa shape index (κ1) is 16.6. The van der Waals surface area contributed by atoms with Crippen molar-refractivity contribution in [3.63, 3.8) is 0 Å². The summed E-state index contributed by atoms with van der Waals surface area (Å²) < 4.78 is 6.44. The Kier molecular flexibility index (Phi) is 6.30. The highest BCUT2D eigenvalue weighted by molar-refractivity contribution is 7.16. The van der Waals surface area contributed by atoms with Crippen molar-refractivity contribution in [2.45, 2.75) is 33.5 Å². The molecule has 1 N–H and O–H groups in total. The molecule has 21 heavy (non-hydrogen) atoms. The summed E-state index contributed by atoms with van der Waals surface area (Å²) in [5.41, 5.74) is 1.25. The highest BCUT2D eigenvalue weighted by atomic mass is 35.5. The van der Waals surface area contributed by atoms with Crippen LogP contribution in [0.4, 0.5) is 0 Å². The summed E-state index contributed by atoms with van der Waals surface area (Å²) in [5.74, 6) is 1.68. The lowest BCUT2D eigenvalue weighted by atomic mass is 10.2. The maximum absolute atomic E-state index is 5.97. The summed E-state index contributed by atoms with van der Waals surface area (Å²) in [7, 11) is 2.12. The topological polar surface area (TPSA) is 28.4 Å². The van der Waals surface area contributed by atoms with Gasteiger partial charge in [0.25, 0.3) is 0 Å². The zero-order valence-electron chi connectivity index (χ0n) is 12.9. The van der Waals surface area contributed by atoms with Crippen LogP contribution in [0.15, 0.2) is 28.9 Å². The van der Waals surface area contributed by atoms with E-state index >= 15 is 0 Å². The van der Waals surface area contributed by atoms with Crippen LogP contribution in [0.5, 0.6) is 0 Å². The summed E-state index contributed by atoms with van der Waals surface area (Å²) >= 11 is 7.61. The van der Waals surface area contributed by atoms with Crippen LogP contribution in [-0.2, 0) is 19.6 Å². The first-order valence-electron chi connectivity index (χ1n) is 7.23. The van der Waals surface area contributed by atoms with Gasteiger partial charge in [-0.25, -0.2) is 0 Å². The van der Waals surface area contributed by atoms with Crippen LogP contribution in [-0.4, -0.2) is 18.5 Å². The molecule has 0 atom stereocenters. The van der Waals surface area contributed by atoms with Crippen molar-refractivity contribution >= 4 is 22.9 Å². The van der Waals surface area contributed by atoms with Crippen molar-refractivity contribution < 1.29 is 4.42 Å². The zero-order chi connectivity index (χ0) is 15.2. The van der Waals surface area contributed by atoms with Gasteiger partial charge in [0, 0.05) is 23.5 Å². The van der Waals surface area contributed by atoms with Gasteiger partial charge in [-0.2, -0.15) is 0 Å². The van der Waals surface area contributed by atoms with E-state index in [1.165, 1.54) is 10.4 Å². The molecule has 0 unspecified atom stereocenters. The Morgan fingerprint density at radius 1 is 1.29 bits per heavy atom. The first-order chi connectivity index (χ1) is 10.0. The third kappa shape index (κ3) is 5.47. The molecule has 0 saturated carbocycles. The molecule has 3 nitrogen and oxygen atoms in total. The quantitative estimate of drug-likeness (QED) is 0.780. The molecular weight excluding hydrogens is 304 g/mol. The van der Waals surface area contributed by atoms with Crippen molar-refractivity contribution in [3.8, 4) is 0 Å². The summed E-state index contributed by atoms with van der Waals surface area (Å²) in [5, 5.41) is 3.43. The van der Waals surface area contributed by atoms with Crippen LogP contribution in [0.1, 0.15) is 30.0 Å². The van der Waals surface area contributed by atoms with Gasteiger partial charge in [0.15, 0.2) is 0 Å². The molecule has 0 aliphatic rings. The molecule has 0 bridgehead atoms. The van der Waals surface area contributed by atoms with E-state index in [0.717, 1.165) is 36.3 Å². The second-order valence-electron chi connectivity index (χ2n) is 5.77. The Bertz CT molecular complexity index is 550. The normalized spacial score (nSPS) is 11.7. The molecule has 116 valence electrons. The number of thiophene rings is 1. The fourth-order valence-electron chi connectivity index (χ4n) is 2.19. The summed E-state index contributed by atoms with van der Waals surface area (Å²) in [6.07, 6.45) is 1.78. The lowest BCUT2D eigenvalue weighted by Gasteiger charge is -2.15. The third-order valence-electron chi connectivity index (χ3n) is 3.17. The standard InChI is InChI=1S/C16H23ClN2OS/c1-12(2)8-18-9-15-13(6-7-20-15)10-19(3)11-14-4-5-16(17)21-14/h4-7,12,18H,8-11H2,1-3H3. The van der Waals surface area contributed by atoms with Gasteiger partial charge in [0.2, 0.25) is 0 Å². The van der Waals surface area contributed by atoms with Crippen LogP contribution in [0.2, 0.25) is 4.34 Å². The van der Waals surface area contributed by atoms with E-state index in [0.29, 0.717) is 5.92 Å². The molecule has 2 rings (SSSR count). The molecule has 5 heteroatoms. The lowest BCUT2D eigenvalue weighted by molar-refractivity contribution is 0.317. The Morgan fingerprint density at radius 3 is 2.76 bits per heavy atom. The van der Waals surface area contributed by atoms with Crippen LogP contribution >= 0.6 is 22.9 Å². The van der Waals surface area contributed by atoms with Crippen LogP contribution in [0, 0.1) is 5.92 Å². The van der Waals surface area contributed by atoms with Gasteiger partial charge in [0.05, 0.1) is 17.1 Å².